The Balaban J connectivity index is 2.44. The maximum atomic E-state index is 12.1. The second kappa shape index (κ2) is 6.35. The number of nitrogens with one attached hydrogen (secondary N) is 1. The summed E-state index contributed by atoms with van der Waals surface area (Å²) in [7, 11) is -3.00. The molecule has 0 aliphatic carbocycles. The Morgan fingerprint density at radius 1 is 1.33 bits per heavy atom. The van der Waals surface area contributed by atoms with Crippen molar-refractivity contribution in [2.45, 2.75) is 51.3 Å². The van der Waals surface area contributed by atoms with Gasteiger partial charge in [0.05, 0.1) is 10.5 Å². The minimum atomic E-state index is -3.00. The van der Waals surface area contributed by atoms with Crippen LogP contribution >= 0.6 is 0 Å². The summed E-state index contributed by atoms with van der Waals surface area (Å²) < 4.78 is 23.5. The highest BCUT2D eigenvalue weighted by molar-refractivity contribution is 7.92. The Labute approximate surface area is 112 Å². The van der Waals surface area contributed by atoms with Crippen LogP contribution in [0.1, 0.15) is 40.5 Å². The number of rotatable bonds is 6. The molecule has 0 saturated carbocycles. The third kappa shape index (κ3) is 4.52. The predicted molar refractivity (Wildman–Crippen MR) is 76.7 cm³/mol. The van der Waals surface area contributed by atoms with Crippen molar-refractivity contribution in [1.29, 1.82) is 0 Å². The van der Waals surface area contributed by atoms with E-state index >= 15 is 0 Å². The number of nitrogens with zero attached hydrogens (tertiary/aromatic N) is 1. The highest BCUT2D eigenvalue weighted by Crippen LogP contribution is 2.16. The van der Waals surface area contributed by atoms with Gasteiger partial charge in [0.25, 0.3) is 0 Å². The van der Waals surface area contributed by atoms with Crippen LogP contribution in [0.2, 0.25) is 0 Å². The molecule has 1 unspecified atom stereocenters. The topological polar surface area (TPSA) is 49.4 Å². The van der Waals surface area contributed by atoms with Crippen molar-refractivity contribution in [3.8, 4) is 0 Å². The Morgan fingerprint density at radius 2 is 2.00 bits per heavy atom. The SMILES string of the molecule is CCN(CCS(=O)(=O)C(C)(C)C)CC1CCCN1. The van der Waals surface area contributed by atoms with Gasteiger partial charge in [-0.2, -0.15) is 0 Å². The fourth-order valence-electron chi connectivity index (χ4n) is 2.16. The van der Waals surface area contributed by atoms with Gasteiger partial charge in [-0.3, -0.25) is 0 Å². The summed E-state index contributed by atoms with van der Waals surface area (Å²) in [5, 5.41) is 3.46. The zero-order valence-corrected chi connectivity index (χ0v) is 13.0. The Bertz CT molecular complexity index is 340. The maximum absolute atomic E-state index is 12.1. The fraction of sp³-hybridized carbons (Fsp3) is 1.00. The van der Waals surface area contributed by atoms with Gasteiger partial charge in [0.1, 0.15) is 0 Å². The van der Waals surface area contributed by atoms with Crippen molar-refractivity contribution >= 4 is 9.84 Å². The predicted octanol–water partition coefficient (Wildman–Crippen LogP) is 1.27. The van der Waals surface area contributed by atoms with E-state index in [2.05, 4.69) is 17.1 Å². The molecular weight excluding hydrogens is 248 g/mol. The van der Waals surface area contributed by atoms with Gasteiger partial charge in [0.15, 0.2) is 9.84 Å². The third-order valence-corrected chi connectivity index (χ3v) is 6.28. The largest absolute Gasteiger partial charge is 0.313 e. The normalized spacial score (nSPS) is 21.7. The summed E-state index contributed by atoms with van der Waals surface area (Å²) in [4.78, 5) is 2.24. The summed E-state index contributed by atoms with van der Waals surface area (Å²) in [6.45, 7) is 11.1. The van der Waals surface area contributed by atoms with Crippen LogP contribution < -0.4 is 5.32 Å². The summed E-state index contributed by atoms with van der Waals surface area (Å²) >= 11 is 0. The van der Waals surface area contributed by atoms with Gasteiger partial charge in [-0.15, -0.1) is 0 Å². The van der Waals surface area contributed by atoms with Gasteiger partial charge in [-0.1, -0.05) is 6.92 Å². The molecule has 1 aliphatic rings. The van der Waals surface area contributed by atoms with Crippen molar-refractivity contribution in [1.82, 2.24) is 10.2 Å². The number of hydrogen-bond acceptors (Lipinski definition) is 4. The highest BCUT2D eigenvalue weighted by Gasteiger charge is 2.29. The molecule has 1 aliphatic heterocycles. The molecule has 1 atom stereocenters. The minimum Gasteiger partial charge on any atom is -0.313 e. The quantitative estimate of drug-likeness (QED) is 0.794. The smallest absolute Gasteiger partial charge is 0.156 e. The molecule has 0 aromatic carbocycles. The number of sulfone groups is 1. The first-order valence-corrected chi connectivity index (χ1v) is 8.59. The molecule has 0 bridgehead atoms. The van der Waals surface area contributed by atoms with Crippen LogP contribution in [0.4, 0.5) is 0 Å². The molecule has 0 amide bonds. The van der Waals surface area contributed by atoms with Crippen molar-refractivity contribution in [3.05, 3.63) is 0 Å². The first-order chi connectivity index (χ1) is 8.26. The second-order valence-corrected chi connectivity index (χ2v) is 8.98. The van der Waals surface area contributed by atoms with Gasteiger partial charge < -0.3 is 10.2 Å². The van der Waals surface area contributed by atoms with Gasteiger partial charge in [0, 0.05) is 19.1 Å². The van der Waals surface area contributed by atoms with Gasteiger partial charge >= 0.3 is 0 Å². The lowest BCUT2D eigenvalue weighted by molar-refractivity contribution is 0.274. The maximum Gasteiger partial charge on any atom is 0.156 e. The standard InChI is InChI=1S/C13H28N2O2S/c1-5-15(11-12-7-6-8-14-12)9-10-18(16,17)13(2,3)4/h12,14H,5-11H2,1-4H3. The fourth-order valence-corrected chi connectivity index (χ4v) is 3.27. The lowest BCUT2D eigenvalue weighted by Crippen LogP contribution is -2.41. The summed E-state index contributed by atoms with van der Waals surface area (Å²) in [6, 6.07) is 0.544. The van der Waals surface area contributed by atoms with E-state index in [-0.39, 0.29) is 5.75 Å². The van der Waals surface area contributed by atoms with Crippen LogP contribution in [0.3, 0.4) is 0 Å². The number of hydrogen-bond donors (Lipinski definition) is 1. The zero-order valence-electron chi connectivity index (χ0n) is 12.2. The minimum absolute atomic E-state index is 0.261. The van der Waals surface area contributed by atoms with E-state index in [9.17, 15) is 8.42 Å². The first kappa shape index (κ1) is 15.9. The molecule has 0 aromatic heterocycles. The average molecular weight is 276 g/mol. The summed E-state index contributed by atoms with van der Waals surface area (Å²) in [5.74, 6) is 0.261. The lowest BCUT2D eigenvalue weighted by Gasteiger charge is -2.26. The van der Waals surface area contributed by atoms with E-state index in [4.69, 9.17) is 0 Å². The Kier molecular flexibility index (Phi) is 5.62. The Hall–Kier alpha value is -0.130. The molecule has 0 aromatic rings. The van der Waals surface area contributed by atoms with Crippen LogP contribution in [0.25, 0.3) is 0 Å². The summed E-state index contributed by atoms with van der Waals surface area (Å²) in [5.41, 5.74) is 0. The number of likely N-dealkylation sites (N-methyl/N-ethyl adjacent to an activating group) is 1. The molecule has 5 heteroatoms. The third-order valence-electron chi connectivity index (χ3n) is 3.70. The van der Waals surface area contributed by atoms with Crippen LogP contribution in [0, 0.1) is 0 Å². The van der Waals surface area contributed by atoms with Gasteiger partial charge in [0.2, 0.25) is 0 Å². The molecule has 4 nitrogen and oxygen atoms in total. The first-order valence-electron chi connectivity index (χ1n) is 6.94. The van der Waals surface area contributed by atoms with Gasteiger partial charge in [-0.25, -0.2) is 8.42 Å². The zero-order chi connectivity index (χ0) is 13.8. The van der Waals surface area contributed by atoms with Crippen LogP contribution in [-0.4, -0.2) is 56.0 Å². The van der Waals surface area contributed by atoms with E-state index in [1.165, 1.54) is 12.8 Å². The Morgan fingerprint density at radius 3 is 2.44 bits per heavy atom. The van der Waals surface area contributed by atoms with Crippen LogP contribution in [0.5, 0.6) is 0 Å². The monoisotopic (exact) mass is 276 g/mol. The van der Waals surface area contributed by atoms with Crippen molar-refractivity contribution in [2.24, 2.45) is 0 Å². The molecule has 1 saturated heterocycles. The van der Waals surface area contributed by atoms with Crippen molar-refractivity contribution in [3.63, 3.8) is 0 Å². The van der Waals surface area contributed by atoms with Crippen molar-refractivity contribution < 1.29 is 8.42 Å². The highest BCUT2D eigenvalue weighted by atomic mass is 32.2. The lowest BCUT2D eigenvalue weighted by atomic mass is 10.2. The summed E-state index contributed by atoms with van der Waals surface area (Å²) in [6.07, 6.45) is 2.45. The van der Waals surface area contributed by atoms with E-state index in [0.29, 0.717) is 12.6 Å². The molecule has 1 fully saturated rings. The molecule has 0 radical (unpaired) electrons. The molecule has 18 heavy (non-hydrogen) atoms. The van der Waals surface area contributed by atoms with Crippen LogP contribution in [0.15, 0.2) is 0 Å². The second-order valence-electron chi connectivity index (χ2n) is 6.12. The molecule has 1 N–H and O–H groups in total. The van der Waals surface area contributed by atoms with E-state index in [1.54, 1.807) is 20.8 Å². The molecular formula is C13H28N2O2S. The van der Waals surface area contributed by atoms with E-state index in [1.807, 2.05) is 0 Å². The van der Waals surface area contributed by atoms with Crippen molar-refractivity contribution in [2.75, 3.05) is 31.9 Å². The molecule has 1 rings (SSSR count). The van der Waals surface area contributed by atoms with Crippen LogP contribution in [-0.2, 0) is 9.84 Å². The average Bonchev–Trinajstić information content (AvgIpc) is 2.75. The molecule has 0 spiro atoms. The molecule has 1 heterocycles. The van der Waals surface area contributed by atoms with E-state index in [0.717, 1.165) is 19.6 Å². The molecule has 108 valence electrons. The van der Waals surface area contributed by atoms with Gasteiger partial charge in [-0.05, 0) is 46.7 Å². The van der Waals surface area contributed by atoms with E-state index < -0.39 is 14.6 Å².